The molecule has 2 aliphatic rings. The summed E-state index contributed by atoms with van der Waals surface area (Å²) < 4.78 is 14.6. The Morgan fingerprint density at radius 2 is 1.87 bits per heavy atom. The van der Waals surface area contributed by atoms with Crippen molar-refractivity contribution in [2.24, 2.45) is 0 Å². The maximum Gasteiger partial charge on any atom is 0.229 e. The largest absolute Gasteiger partial charge is 0.371 e. The number of likely N-dealkylation sites (N-methyl/N-ethyl adjacent to an activating group) is 1. The highest BCUT2D eigenvalue weighted by molar-refractivity contribution is 5.66. The van der Waals surface area contributed by atoms with Crippen LogP contribution in [0.2, 0.25) is 0 Å². The van der Waals surface area contributed by atoms with E-state index in [1.54, 1.807) is 0 Å². The summed E-state index contributed by atoms with van der Waals surface area (Å²) in [6, 6.07) is 6.46. The second kappa shape index (κ2) is 7.93. The first-order valence-electron chi connectivity index (χ1n) is 11.3. The number of hydrogen-bond acceptors (Lipinski definition) is 6. The van der Waals surface area contributed by atoms with Gasteiger partial charge >= 0.3 is 0 Å². The van der Waals surface area contributed by atoms with Gasteiger partial charge in [0.1, 0.15) is 0 Å². The molecule has 2 N–H and O–H groups in total. The summed E-state index contributed by atoms with van der Waals surface area (Å²) in [5, 5.41) is 6.62. The fraction of sp³-hybridized carbons (Fsp3) is 0.583. The van der Waals surface area contributed by atoms with Crippen LogP contribution in [0.1, 0.15) is 53.0 Å². The lowest BCUT2D eigenvalue weighted by Crippen LogP contribution is -2.61. The number of nitrogens with zero attached hydrogens (tertiary/aromatic N) is 4. The molecule has 2 aliphatic heterocycles. The van der Waals surface area contributed by atoms with Crippen LogP contribution in [0.3, 0.4) is 0 Å². The minimum atomic E-state index is -0.423. The number of anilines is 4. The molecule has 1 aromatic heterocycles. The predicted octanol–water partition coefficient (Wildman–Crippen LogP) is 4.81. The first-order valence-corrected chi connectivity index (χ1v) is 11.3. The number of fused-ring (bicyclic) bond motifs is 1. The summed E-state index contributed by atoms with van der Waals surface area (Å²) in [5.41, 5.74) is 3.57. The van der Waals surface area contributed by atoms with Crippen LogP contribution >= 0.6 is 0 Å². The van der Waals surface area contributed by atoms with E-state index in [1.807, 2.05) is 6.07 Å². The van der Waals surface area contributed by atoms with E-state index in [-0.39, 0.29) is 22.9 Å². The molecule has 1 fully saturated rings. The number of nitrogens with one attached hydrogen (secondary N) is 2. The molecular formula is C24H35FN6. The number of benzene rings is 1. The Morgan fingerprint density at radius 1 is 1.16 bits per heavy atom. The van der Waals surface area contributed by atoms with Crippen LogP contribution in [-0.4, -0.2) is 52.1 Å². The molecule has 6 nitrogen and oxygen atoms in total. The standard InChI is InChI=1S/C24H35FN6/c1-7-31-11-10-16-12-17(8-9-20(16)31)28-22-26-15-19(25)21(29-22)27-18-13-23(2,3)30(6)24(4,5)14-18/h8-9,12,15,18H,7,10-11,13-14H2,1-6H3,(H2,26,27,28,29). The van der Waals surface area contributed by atoms with Crippen molar-refractivity contribution >= 4 is 23.1 Å². The smallest absolute Gasteiger partial charge is 0.229 e. The highest BCUT2D eigenvalue weighted by Gasteiger charge is 2.43. The zero-order valence-electron chi connectivity index (χ0n) is 19.6. The van der Waals surface area contributed by atoms with Crippen molar-refractivity contribution in [3.8, 4) is 0 Å². The molecule has 1 saturated heterocycles. The van der Waals surface area contributed by atoms with Gasteiger partial charge in [0.2, 0.25) is 5.95 Å². The maximum absolute atomic E-state index is 14.6. The van der Waals surface area contributed by atoms with Gasteiger partial charge in [-0.3, -0.25) is 4.90 Å². The van der Waals surface area contributed by atoms with Crippen molar-refractivity contribution in [2.75, 3.05) is 35.7 Å². The van der Waals surface area contributed by atoms with Gasteiger partial charge < -0.3 is 15.5 Å². The van der Waals surface area contributed by atoms with Crippen LogP contribution in [0.15, 0.2) is 24.4 Å². The van der Waals surface area contributed by atoms with Crippen molar-refractivity contribution in [3.63, 3.8) is 0 Å². The van der Waals surface area contributed by atoms with E-state index >= 15 is 0 Å². The van der Waals surface area contributed by atoms with Gasteiger partial charge in [-0.2, -0.15) is 4.98 Å². The van der Waals surface area contributed by atoms with Crippen molar-refractivity contribution in [3.05, 3.63) is 35.8 Å². The van der Waals surface area contributed by atoms with Gasteiger partial charge in [-0.05, 0) is 84.7 Å². The molecule has 7 heteroatoms. The first-order chi connectivity index (χ1) is 14.6. The number of hydrogen-bond donors (Lipinski definition) is 2. The molecule has 1 aromatic carbocycles. The second-order valence-corrected chi connectivity index (χ2v) is 10.1. The molecule has 0 bridgehead atoms. The Bertz CT molecular complexity index is 939. The molecule has 3 heterocycles. The van der Waals surface area contributed by atoms with E-state index in [0.29, 0.717) is 5.95 Å². The van der Waals surface area contributed by atoms with Crippen LogP contribution in [0, 0.1) is 5.82 Å². The summed E-state index contributed by atoms with van der Waals surface area (Å²) in [7, 11) is 2.17. The number of rotatable bonds is 5. The molecule has 168 valence electrons. The van der Waals surface area contributed by atoms with E-state index in [9.17, 15) is 4.39 Å². The third-order valence-electron chi connectivity index (χ3n) is 7.10. The minimum Gasteiger partial charge on any atom is -0.371 e. The average molecular weight is 427 g/mol. The van der Waals surface area contributed by atoms with E-state index in [4.69, 9.17) is 0 Å². The van der Waals surface area contributed by atoms with Gasteiger partial charge in [0.05, 0.1) is 6.20 Å². The zero-order valence-corrected chi connectivity index (χ0v) is 19.6. The van der Waals surface area contributed by atoms with Crippen molar-refractivity contribution in [2.45, 2.75) is 71.0 Å². The van der Waals surface area contributed by atoms with Gasteiger partial charge in [-0.15, -0.1) is 0 Å². The third-order valence-corrected chi connectivity index (χ3v) is 7.10. The number of likely N-dealkylation sites (tertiary alicyclic amines) is 1. The second-order valence-electron chi connectivity index (χ2n) is 10.1. The van der Waals surface area contributed by atoms with Crippen molar-refractivity contribution < 1.29 is 4.39 Å². The number of piperidine rings is 1. The van der Waals surface area contributed by atoms with Gasteiger partial charge in [0.25, 0.3) is 0 Å². The average Bonchev–Trinajstić information content (AvgIpc) is 3.10. The lowest BCUT2D eigenvalue weighted by molar-refractivity contribution is -0.00778. The molecular weight excluding hydrogens is 391 g/mol. The van der Waals surface area contributed by atoms with Gasteiger partial charge in [-0.1, -0.05) is 0 Å². The van der Waals surface area contributed by atoms with Crippen LogP contribution in [0.25, 0.3) is 0 Å². The van der Waals surface area contributed by atoms with E-state index < -0.39 is 5.82 Å². The Balaban J connectivity index is 1.51. The van der Waals surface area contributed by atoms with Gasteiger partial charge in [-0.25, -0.2) is 9.37 Å². The van der Waals surface area contributed by atoms with Crippen molar-refractivity contribution in [1.29, 1.82) is 0 Å². The Labute approximate surface area is 185 Å². The normalized spacial score (nSPS) is 20.5. The summed E-state index contributed by atoms with van der Waals surface area (Å²) >= 11 is 0. The number of aromatic nitrogens is 2. The predicted molar refractivity (Wildman–Crippen MR) is 126 cm³/mol. The minimum absolute atomic E-state index is 0.0147. The van der Waals surface area contributed by atoms with Crippen LogP contribution in [0.5, 0.6) is 0 Å². The summed E-state index contributed by atoms with van der Waals surface area (Å²) in [6.07, 6.45) is 4.11. The summed E-state index contributed by atoms with van der Waals surface area (Å²) in [6.45, 7) is 13.2. The van der Waals surface area contributed by atoms with Crippen LogP contribution < -0.4 is 15.5 Å². The first kappa shape index (κ1) is 21.8. The van der Waals surface area contributed by atoms with Crippen molar-refractivity contribution in [1.82, 2.24) is 14.9 Å². The SMILES string of the molecule is CCN1CCc2cc(Nc3ncc(F)c(NC4CC(C)(C)N(C)C(C)(C)C4)n3)ccc21. The zero-order chi connectivity index (χ0) is 22.4. The lowest BCUT2D eigenvalue weighted by Gasteiger charge is -2.53. The lowest BCUT2D eigenvalue weighted by atomic mass is 9.77. The molecule has 0 radical (unpaired) electrons. The molecule has 0 amide bonds. The van der Waals surface area contributed by atoms with Crippen LogP contribution in [-0.2, 0) is 6.42 Å². The van der Waals surface area contributed by atoms with E-state index in [0.717, 1.165) is 38.0 Å². The van der Waals surface area contributed by atoms with E-state index in [1.165, 1.54) is 17.4 Å². The molecule has 0 saturated carbocycles. The summed E-state index contributed by atoms with van der Waals surface area (Å²) in [4.78, 5) is 13.4. The molecule has 31 heavy (non-hydrogen) atoms. The monoisotopic (exact) mass is 426 g/mol. The highest BCUT2D eigenvalue weighted by atomic mass is 19.1. The molecule has 0 unspecified atom stereocenters. The van der Waals surface area contributed by atoms with Gasteiger partial charge in [0, 0.05) is 41.6 Å². The Morgan fingerprint density at radius 3 is 2.55 bits per heavy atom. The molecule has 0 spiro atoms. The Hall–Kier alpha value is -2.41. The molecule has 0 atom stereocenters. The van der Waals surface area contributed by atoms with Crippen LogP contribution in [0.4, 0.5) is 27.5 Å². The molecule has 0 aliphatic carbocycles. The summed E-state index contributed by atoms with van der Waals surface area (Å²) in [5.74, 6) is 0.241. The molecule has 2 aromatic rings. The van der Waals surface area contributed by atoms with Gasteiger partial charge in [0.15, 0.2) is 11.6 Å². The van der Waals surface area contributed by atoms with E-state index in [2.05, 4.69) is 84.2 Å². The third kappa shape index (κ3) is 4.33. The Kier molecular flexibility index (Phi) is 5.58. The fourth-order valence-electron chi connectivity index (χ4n) is 5.20. The quantitative estimate of drug-likeness (QED) is 0.716. The highest BCUT2D eigenvalue weighted by Crippen LogP contribution is 2.38. The maximum atomic E-state index is 14.6. The topological polar surface area (TPSA) is 56.3 Å². The fourth-order valence-corrected chi connectivity index (χ4v) is 5.20. The number of halogens is 1. The molecule has 4 rings (SSSR count).